The van der Waals surface area contributed by atoms with Gasteiger partial charge in [0.05, 0.1) is 12.1 Å². The number of hydrogen-bond donors (Lipinski definition) is 3. The summed E-state index contributed by atoms with van der Waals surface area (Å²) >= 11 is 0. The number of aliphatic hydroxyl groups is 1. The fourth-order valence-corrected chi connectivity index (χ4v) is 1.59. The highest BCUT2D eigenvalue weighted by Gasteiger charge is 2.27. The summed E-state index contributed by atoms with van der Waals surface area (Å²) in [5, 5.41) is 12.1. The summed E-state index contributed by atoms with van der Waals surface area (Å²) in [6, 6.07) is 2.77. The first-order valence-corrected chi connectivity index (χ1v) is 5.69. The molecule has 0 atom stereocenters. The van der Waals surface area contributed by atoms with Crippen molar-refractivity contribution < 1.29 is 9.90 Å². The van der Waals surface area contributed by atoms with Gasteiger partial charge < -0.3 is 15.4 Å². The summed E-state index contributed by atoms with van der Waals surface area (Å²) in [5.41, 5.74) is -0.631. The van der Waals surface area contributed by atoms with E-state index in [2.05, 4.69) is 10.3 Å². The minimum Gasteiger partial charge on any atom is -0.394 e. The quantitative estimate of drug-likeness (QED) is 0.704. The van der Waals surface area contributed by atoms with Crippen LogP contribution in [-0.4, -0.2) is 28.1 Å². The van der Waals surface area contributed by atoms with Crippen LogP contribution in [0.3, 0.4) is 0 Å². The Labute approximate surface area is 99.9 Å². The molecule has 0 spiro atoms. The smallest absolute Gasteiger partial charge is 0.252 e. The van der Waals surface area contributed by atoms with Gasteiger partial charge in [-0.05, 0) is 18.9 Å². The average Bonchev–Trinajstić information content (AvgIpc) is 2.36. The van der Waals surface area contributed by atoms with E-state index in [-0.39, 0.29) is 18.1 Å². The molecule has 1 amide bonds. The van der Waals surface area contributed by atoms with E-state index < -0.39 is 5.54 Å². The van der Waals surface area contributed by atoms with Crippen LogP contribution in [0.25, 0.3) is 0 Å². The van der Waals surface area contributed by atoms with Crippen molar-refractivity contribution in [2.75, 3.05) is 6.61 Å². The average molecular weight is 238 g/mol. The first kappa shape index (κ1) is 13.4. The van der Waals surface area contributed by atoms with Crippen molar-refractivity contribution in [3.05, 3.63) is 34.2 Å². The molecule has 1 rings (SSSR count). The Balaban J connectivity index is 2.88. The number of pyridine rings is 1. The van der Waals surface area contributed by atoms with Gasteiger partial charge >= 0.3 is 0 Å². The summed E-state index contributed by atoms with van der Waals surface area (Å²) in [4.78, 5) is 25.4. The highest BCUT2D eigenvalue weighted by molar-refractivity contribution is 5.94. The van der Waals surface area contributed by atoms with Gasteiger partial charge in [-0.2, -0.15) is 0 Å². The van der Waals surface area contributed by atoms with E-state index in [0.29, 0.717) is 18.4 Å². The normalized spacial score (nSPS) is 11.2. The number of rotatable bonds is 5. The molecule has 1 aromatic heterocycles. The largest absolute Gasteiger partial charge is 0.394 e. The van der Waals surface area contributed by atoms with Gasteiger partial charge in [-0.3, -0.25) is 9.59 Å². The minimum atomic E-state index is -0.611. The fraction of sp³-hybridized carbons (Fsp3) is 0.500. The Hall–Kier alpha value is -1.62. The van der Waals surface area contributed by atoms with Gasteiger partial charge in [-0.15, -0.1) is 0 Å². The summed E-state index contributed by atoms with van der Waals surface area (Å²) in [6.45, 7) is 3.69. The van der Waals surface area contributed by atoms with Crippen molar-refractivity contribution in [2.45, 2.75) is 32.2 Å². The third-order valence-corrected chi connectivity index (χ3v) is 3.07. The van der Waals surface area contributed by atoms with Gasteiger partial charge in [-0.1, -0.05) is 13.8 Å². The number of aliphatic hydroxyl groups excluding tert-OH is 1. The number of amides is 1. The second-order valence-corrected chi connectivity index (χ2v) is 4.04. The molecule has 1 heterocycles. The SMILES string of the molecule is CCC(CC)(CO)NC(=O)c1cc[nH]c(=O)c1. The third-order valence-electron chi connectivity index (χ3n) is 3.07. The molecule has 17 heavy (non-hydrogen) atoms. The predicted octanol–water partition coefficient (Wildman–Crippen LogP) is 0.656. The molecular formula is C12H18N2O3. The molecule has 5 nitrogen and oxygen atoms in total. The molecule has 1 aromatic rings. The van der Waals surface area contributed by atoms with Crippen LogP contribution in [0.5, 0.6) is 0 Å². The van der Waals surface area contributed by atoms with E-state index in [1.807, 2.05) is 13.8 Å². The second-order valence-electron chi connectivity index (χ2n) is 4.04. The lowest BCUT2D eigenvalue weighted by Gasteiger charge is -2.30. The monoisotopic (exact) mass is 238 g/mol. The molecule has 0 aromatic carbocycles. The number of aromatic amines is 1. The lowest BCUT2D eigenvalue weighted by atomic mass is 9.93. The second kappa shape index (κ2) is 5.63. The highest BCUT2D eigenvalue weighted by atomic mass is 16.3. The highest BCUT2D eigenvalue weighted by Crippen LogP contribution is 2.14. The molecule has 5 heteroatoms. The third kappa shape index (κ3) is 3.17. The van der Waals surface area contributed by atoms with Crippen LogP contribution in [0.15, 0.2) is 23.1 Å². The van der Waals surface area contributed by atoms with E-state index in [9.17, 15) is 14.7 Å². The van der Waals surface area contributed by atoms with Crippen molar-refractivity contribution >= 4 is 5.91 Å². The van der Waals surface area contributed by atoms with Crippen LogP contribution < -0.4 is 10.9 Å². The zero-order valence-corrected chi connectivity index (χ0v) is 10.1. The number of nitrogens with one attached hydrogen (secondary N) is 2. The molecule has 94 valence electrons. The number of carbonyl (C=O) groups excluding carboxylic acids is 1. The molecule has 0 aliphatic carbocycles. The van der Waals surface area contributed by atoms with Crippen molar-refractivity contribution in [3.63, 3.8) is 0 Å². The van der Waals surface area contributed by atoms with Gasteiger partial charge in [0.25, 0.3) is 5.91 Å². The Bertz CT molecular complexity index is 427. The Morgan fingerprint density at radius 1 is 1.47 bits per heavy atom. The van der Waals surface area contributed by atoms with Crippen LogP contribution in [0.4, 0.5) is 0 Å². The van der Waals surface area contributed by atoms with Gasteiger partial charge in [0, 0.05) is 17.8 Å². The molecule has 0 saturated carbocycles. The van der Waals surface area contributed by atoms with Crippen molar-refractivity contribution in [1.82, 2.24) is 10.3 Å². The maximum absolute atomic E-state index is 11.9. The topological polar surface area (TPSA) is 82.2 Å². The van der Waals surface area contributed by atoms with E-state index in [1.54, 1.807) is 0 Å². The molecule has 0 fully saturated rings. The van der Waals surface area contributed by atoms with Crippen molar-refractivity contribution in [3.8, 4) is 0 Å². The lowest BCUT2D eigenvalue weighted by Crippen LogP contribution is -2.50. The van der Waals surface area contributed by atoms with Crippen LogP contribution in [0.1, 0.15) is 37.0 Å². The number of aromatic nitrogens is 1. The summed E-state index contributed by atoms with van der Waals surface area (Å²) in [5.74, 6) is -0.339. The van der Waals surface area contributed by atoms with Gasteiger partial charge in [-0.25, -0.2) is 0 Å². The van der Waals surface area contributed by atoms with E-state index in [4.69, 9.17) is 0 Å². The molecule has 0 aliphatic heterocycles. The van der Waals surface area contributed by atoms with Crippen LogP contribution in [0.2, 0.25) is 0 Å². The van der Waals surface area contributed by atoms with E-state index in [1.165, 1.54) is 18.3 Å². The van der Waals surface area contributed by atoms with Gasteiger partial charge in [0.2, 0.25) is 5.56 Å². The van der Waals surface area contributed by atoms with E-state index >= 15 is 0 Å². The standard InChI is InChI=1S/C12H18N2O3/c1-3-12(4-2,8-15)14-11(17)9-5-6-13-10(16)7-9/h5-7,15H,3-4,8H2,1-2H3,(H,13,16)(H,14,17). The van der Waals surface area contributed by atoms with E-state index in [0.717, 1.165) is 0 Å². The van der Waals surface area contributed by atoms with Crippen LogP contribution >= 0.6 is 0 Å². The van der Waals surface area contributed by atoms with Gasteiger partial charge in [0.1, 0.15) is 0 Å². The summed E-state index contributed by atoms with van der Waals surface area (Å²) in [7, 11) is 0. The molecule has 3 N–H and O–H groups in total. The zero-order chi connectivity index (χ0) is 12.9. The first-order chi connectivity index (χ1) is 8.06. The lowest BCUT2D eigenvalue weighted by molar-refractivity contribution is 0.0817. The van der Waals surface area contributed by atoms with Crippen molar-refractivity contribution in [1.29, 1.82) is 0 Å². The molecule has 0 saturated heterocycles. The molecular weight excluding hydrogens is 220 g/mol. The Morgan fingerprint density at radius 2 is 2.12 bits per heavy atom. The predicted molar refractivity (Wildman–Crippen MR) is 64.9 cm³/mol. The number of H-pyrrole nitrogens is 1. The summed E-state index contributed by atoms with van der Waals surface area (Å²) in [6.07, 6.45) is 2.69. The van der Waals surface area contributed by atoms with Crippen molar-refractivity contribution in [2.24, 2.45) is 0 Å². The number of carbonyl (C=O) groups is 1. The Kier molecular flexibility index (Phi) is 4.45. The zero-order valence-electron chi connectivity index (χ0n) is 10.1. The maximum atomic E-state index is 11.9. The minimum absolute atomic E-state index is 0.116. The molecule has 0 aliphatic rings. The molecule has 0 unspecified atom stereocenters. The van der Waals surface area contributed by atoms with Crippen LogP contribution in [-0.2, 0) is 0 Å². The summed E-state index contributed by atoms with van der Waals surface area (Å²) < 4.78 is 0. The molecule has 0 bridgehead atoms. The van der Waals surface area contributed by atoms with Crippen LogP contribution in [0, 0.1) is 0 Å². The maximum Gasteiger partial charge on any atom is 0.252 e. The van der Waals surface area contributed by atoms with Gasteiger partial charge in [0.15, 0.2) is 0 Å². The first-order valence-electron chi connectivity index (χ1n) is 5.69. The number of hydrogen-bond acceptors (Lipinski definition) is 3. The molecule has 0 radical (unpaired) electrons. The fourth-order valence-electron chi connectivity index (χ4n) is 1.59. The Morgan fingerprint density at radius 3 is 2.59 bits per heavy atom.